The number of benzene rings is 1. The van der Waals surface area contributed by atoms with Crippen LogP contribution < -0.4 is 5.32 Å². The predicted octanol–water partition coefficient (Wildman–Crippen LogP) is 3.37. The first-order valence-corrected chi connectivity index (χ1v) is 7.88. The van der Waals surface area contributed by atoms with Gasteiger partial charge in [0.2, 0.25) is 0 Å². The number of amides is 1. The van der Waals surface area contributed by atoms with Gasteiger partial charge in [-0.1, -0.05) is 13.0 Å². The summed E-state index contributed by atoms with van der Waals surface area (Å²) >= 11 is 0. The van der Waals surface area contributed by atoms with E-state index in [2.05, 4.69) is 22.4 Å². The topological polar surface area (TPSA) is 58.1 Å². The van der Waals surface area contributed by atoms with Gasteiger partial charge in [0.15, 0.2) is 11.5 Å². The van der Waals surface area contributed by atoms with Crippen molar-refractivity contribution in [1.29, 1.82) is 0 Å². The molecule has 1 aromatic carbocycles. The van der Waals surface area contributed by atoms with Crippen molar-refractivity contribution in [3.05, 3.63) is 47.7 Å². The fraction of sp³-hybridized carbons (Fsp3) is 0.353. The molecule has 1 amide bonds. The minimum Gasteiger partial charge on any atom is -0.337 e. The molecule has 0 saturated carbocycles. The van der Waals surface area contributed by atoms with Crippen LogP contribution in [0.4, 0.5) is 20.3 Å². The van der Waals surface area contributed by atoms with Crippen LogP contribution in [-0.2, 0) is 0 Å². The number of nitrogens with one attached hydrogen (secondary N) is 1. The van der Waals surface area contributed by atoms with Gasteiger partial charge in [0.05, 0.1) is 0 Å². The summed E-state index contributed by atoms with van der Waals surface area (Å²) in [5.74, 6) is -0.818. The first kappa shape index (κ1) is 16.3. The van der Waals surface area contributed by atoms with E-state index in [4.69, 9.17) is 0 Å². The molecule has 1 aromatic heterocycles. The van der Waals surface area contributed by atoms with E-state index in [-0.39, 0.29) is 23.1 Å². The predicted molar refractivity (Wildman–Crippen MR) is 86.0 cm³/mol. The van der Waals surface area contributed by atoms with Gasteiger partial charge in [-0.3, -0.25) is 4.79 Å². The van der Waals surface area contributed by atoms with Gasteiger partial charge in [0.25, 0.3) is 5.91 Å². The number of likely N-dealkylation sites (tertiary alicyclic amines) is 1. The summed E-state index contributed by atoms with van der Waals surface area (Å²) in [5.41, 5.74) is -0.0694. The van der Waals surface area contributed by atoms with Crippen LogP contribution in [0.15, 0.2) is 30.3 Å². The van der Waals surface area contributed by atoms with Crippen molar-refractivity contribution >= 4 is 17.4 Å². The van der Waals surface area contributed by atoms with Crippen molar-refractivity contribution in [2.75, 3.05) is 18.4 Å². The highest BCUT2D eigenvalue weighted by molar-refractivity contribution is 5.92. The van der Waals surface area contributed by atoms with Crippen molar-refractivity contribution < 1.29 is 13.6 Å². The minimum absolute atomic E-state index is 0.168. The zero-order valence-corrected chi connectivity index (χ0v) is 13.3. The summed E-state index contributed by atoms with van der Waals surface area (Å²) < 4.78 is 27.2. The van der Waals surface area contributed by atoms with Crippen LogP contribution in [0.1, 0.15) is 30.3 Å². The highest BCUT2D eigenvalue weighted by atomic mass is 19.1. The van der Waals surface area contributed by atoms with Crippen molar-refractivity contribution in [2.45, 2.75) is 19.8 Å². The lowest BCUT2D eigenvalue weighted by atomic mass is 9.99. The maximum Gasteiger partial charge on any atom is 0.274 e. The third kappa shape index (κ3) is 3.50. The summed E-state index contributed by atoms with van der Waals surface area (Å²) in [6, 6.07) is 6.57. The van der Waals surface area contributed by atoms with Crippen LogP contribution in [0.25, 0.3) is 0 Å². The molecular formula is C17H18F2N4O. The van der Waals surface area contributed by atoms with Gasteiger partial charge >= 0.3 is 0 Å². The van der Waals surface area contributed by atoms with Crippen LogP contribution >= 0.6 is 0 Å². The lowest BCUT2D eigenvalue weighted by Crippen LogP contribution is -2.38. The fourth-order valence-corrected chi connectivity index (χ4v) is 2.63. The Labute approximate surface area is 138 Å². The molecule has 126 valence electrons. The average molecular weight is 332 g/mol. The van der Waals surface area contributed by atoms with E-state index >= 15 is 0 Å². The zero-order chi connectivity index (χ0) is 17.1. The second-order valence-electron chi connectivity index (χ2n) is 6.00. The van der Waals surface area contributed by atoms with Crippen molar-refractivity contribution in [1.82, 2.24) is 15.1 Å². The number of piperidine rings is 1. The quantitative estimate of drug-likeness (QED) is 0.936. The molecule has 1 aliphatic rings. The zero-order valence-electron chi connectivity index (χ0n) is 13.3. The number of carbonyl (C=O) groups is 1. The molecule has 1 N–H and O–H groups in total. The smallest absolute Gasteiger partial charge is 0.274 e. The van der Waals surface area contributed by atoms with Gasteiger partial charge < -0.3 is 10.2 Å². The third-order valence-corrected chi connectivity index (χ3v) is 4.17. The molecule has 0 unspecified atom stereocenters. The summed E-state index contributed by atoms with van der Waals surface area (Å²) in [6.45, 7) is 3.59. The molecule has 1 aliphatic heterocycles. The summed E-state index contributed by atoms with van der Waals surface area (Å²) in [7, 11) is 0. The van der Waals surface area contributed by atoms with E-state index < -0.39 is 11.6 Å². The van der Waals surface area contributed by atoms with E-state index in [1.807, 2.05) is 0 Å². The molecule has 7 heteroatoms. The van der Waals surface area contributed by atoms with Crippen molar-refractivity contribution in [2.24, 2.45) is 5.92 Å². The van der Waals surface area contributed by atoms with E-state index in [9.17, 15) is 13.6 Å². The van der Waals surface area contributed by atoms with Gasteiger partial charge in [-0.05, 0) is 43.0 Å². The Bertz CT molecular complexity index is 708. The van der Waals surface area contributed by atoms with Crippen LogP contribution in [0.5, 0.6) is 0 Å². The molecule has 24 heavy (non-hydrogen) atoms. The Balaban J connectivity index is 1.70. The van der Waals surface area contributed by atoms with Gasteiger partial charge in [-0.25, -0.2) is 8.78 Å². The highest BCUT2D eigenvalue weighted by Crippen LogP contribution is 2.22. The molecule has 2 heterocycles. The average Bonchev–Trinajstić information content (AvgIpc) is 2.59. The molecule has 0 radical (unpaired) electrons. The van der Waals surface area contributed by atoms with E-state index in [0.29, 0.717) is 19.0 Å². The summed E-state index contributed by atoms with van der Waals surface area (Å²) in [5, 5.41) is 10.3. The van der Waals surface area contributed by atoms with Crippen LogP contribution in [0.3, 0.4) is 0 Å². The lowest BCUT2D eigenvalue weighted by molar-refractivity contribution is 0.0690. The molecule has 2 aromatic rings. The standard InChI is InChI=1S/C17H18F2N4O/c1-11-7-9-23(10-8-11)17(24)14-5-6-15(22-21-14)20-16-12(18)3-2-4-13(16)19/h2-6,11H,7-10H2,1H3,(H,20,22). The second-order valence-corrected chi connectivity index (χ2v) is 6.00. The third-order valence-electron chi connectivity index (χ3n) is 4.17. The maximum atomic E-state index is 13.6. The molecule has 1 fully saturated rings. The number of rotatable bonds is 3. The number of hydrogen-bond donors (Lipinski definition) is 1. The van der Waals surface area contributed by atoms with Gasteiger partial charge in [-0.2, -0.15) is 0 Å². The Morgan fingerprint density at radius 2 is 1.79 bits per heavy atom. The molecule has 1 saturated heterocycles. The SMILES string of the molecule is CC1CCN(C(=O)c2ccc(Nc3c(F)cccc3F)nn2)CC1. The van der Waals surface area contributed by atoms with Crippen LogP contribution in [-0.4, -0.2) is 34.1 Å². The fourth-order valence-electron chi connectivity index (χ4n) is 2.63. The van der Waals surface area contributed by atoms with Gasteiger partial charge in [-0.15, -0.1) is 10.2 Å². The number of halogens is 2. The summed E-state index contributed by atoms with van der Waals surface area (Å²) in [4.78, 5) is 14.1. The monoisotopic (exact) mass is 332 g/mol. The molecule has 3 rings (SSSR count). The maximum absolute atomic E-state index is 13.6. The number of nitrogens with zero attached hydrogens (tertiary/aromatic N) is 3. The van der Waals surface area contributed by atoms with Crippen LogP contribution in [0, 0.1) is 17.6 Å². The highest BCUT2D eigenvalue weighted by Gasteiger charge is 2.22. The van der Waals surface area contributed by atoms with E-state index in [1.165, 1.54) is 18.2 Å². The Hall–Kier alpha value is -2.57. The number of para-hydroxylation sites is 1. The summed E-state index contributed by atoms with van der Waals surface area (Å²) in [6.07, 6.45) is 1.96. The normalized spacial score (nSPS) is 15.4. The number of carbonyl (C=O) groups excluding carboxylic acids is 1. The first-order chi connectivity index (χ1) is 11.5. The van der Waals surface area contributed by atoms with E-state index in [0.717, 1.165) is 25.0 Å². The number of aromatic nitrogens is 2. The van der Waals surface area contributed by atoms with Crippen molar-refractivity contribution in [3.8, 4) is 0 Å². The lowest BCUT2D eigenvalue weighted by Gasteiger charge is -2.29. The van der Waals surface area contributed by atoms with Gasteiger partial charge in [0, 0.05) is 13.1 Å². The van der Waals surface area contributed by atoms with E-state index in [1.54, 1.807) is 4.90 Å². The molecule has 0 bridgehead atoms. The molecular weight excluding hydrogens is 314 g/mol. The Kier molecular flexibility index (Phi) is 4.69. The minimum atomic E-state index is -0.723. The molecule has 0 atom stereocenters. The molecule has 0 spiro atoms. The Morgan fingerprint density at radius 1 is 1.12 bits per heavy atom. The number of hydrogen-bond acceptors (Lipinski definition) is 4. The Morgan fingerprint density at radius 3 is 2.38 bits per heavy atom. The van der Waals surface area contributed by atoms with Crippen LogP contribution in [0.2, 0.25) is 0 Å². The van der Waals surface area contributed by atoms with Gasteiger partial charge in [0.1, 0.15) is 17.3 Å². The first-order valence-electron chi connectivity index (χ1n) is 7.88. The molecule has 5 nitrogen and oxygen atoms in total. The number of anilines is 2. The van der Waals surface area contributed by atoms with Crippen molar-refractivity contribution in [3.63, 3.8) is 0 Å². The largest absolute Gasteiger partial charge is 0.337 e. The molecule has 0 aliphatic carbocycles. The second kappa shape index (κ2) is 6.90.